The normalized spacial score (nSPS) is 11.4. The van der Waals surface area contributed by atoms with Crippen LogP contribution in [0, 0.1) is 13.8 Å². The number of fused-ring (bicyclic) bond motifs is 2. The number of imidazole rings is 1. The van der Waals surface area contributed by atoms with Gasteiger partial charge in [-0.25, -0.2) is 4.98 Å². The average Bonchev–Trinajstić information content (AvgIpc) is 3.17. The molecule has 1 aromatic carbocycles. The molecule has 23 heavy (non-hydrogen) atoms. The molecule has 3 aromatic heterocycles. The number of rotatable bonds is 2. The fourth-order valence-corrected chi connectivity index (χ4v) is 3.48. The number of aromatic nitrogens is 4. The Bertz CT molecular complexity index is 1060. The molecule has 8 heteroatoms. The third kappa shape index (κ3) is 2.07. The van der Waals surface area contributed by atoms with Gasteiger partial charge in [0.1, 0.15) is 11.4 Å². The van der Waals surface area contributed by atoms with Crippen molar-refractivity contribution in [3.8, 4) is 5.75 Å². The van der Waals surface area contributed by atoms with Gasteiger partial charge in [-0.2, -0.15) is 5.10 Å². The zero-order valence-electron chi connectivity index (χ0n) is 12.4. The first-order chi connectivity index (χ1) is 11.0. The summed E-state index contributed by atoms with van der Waals surface area (Å²) in [6.07, 6.45) is 1.56. The maximum Gasteiger partial charge on any atom is 0.275 e. The van der Waals surface area contributed by atoms with Gasteiger partial charge in [0.25, 0.3) is 5.91 Å². The lowest BCUT2D eigenvalue weighted by Gasteiger charge is -2.03. The average molecular weight is 327 g/mol. The van der Waals surface area contributed by atoms with E-state index in [1.54, 1.807) is 35.7 Å². The number of benzene rings is 1. The Morgan fingerprint density at radius 3 is 3.04 bits per heavy atom. The minimum atomic E-state index is -0.278. The van der Waals surface area contributed by atoms with Crippen molar-refractivity contribution in [2.75, 3.05) is 5.32 Å². The van der Waals surface area contributed by atoms with Crippen LogP contribution >= 0.6 is 11.3 Å². The van der Waals surface area contributed by atoms with Gasteiger partial charge in [-0.15, -0.1) is 11.3 Å². The fraction of sp³-hybridized carbons (Fsp3) is 0.133. The molecule has 0 saturated heterocycles. The van der Waals surface area contributed by atoms with Crippen LogP contribution in [0.1, 0.15) is 21.1 Å². The molecule has 0 saturated carbocycles. The molecule has 4 aromatic rings. The number of aryl methyl sites for hydroxylation is 2. The second-order valence-electron chi connectivity index (χ2n) is 5.26. The standard InChI is InChI=1S/C15H13N5O2S/c1-7-8(2)23-15-16-6-12(20(7)15)14(22)17-13-10-4-3-9(21)5-11(10)18-19-13/h3-6,21H,1-2H3,(H2,17,18,19,22). The maximum absolute atomic E-state index is 12.6. The van der Waals surface area contributed by atoms with Gasteiger partial charge >= 0.3 is 0 Å². The Morgan fingerprint density at radius 2 is 2.22 bits per heavy atom. The topological polar surface area (TPSA) is 95.3 Å². The van der Waals surface area contributed by atoms with E-state index >= 15 is 0 Å². The van der Waals surface area contributed by atoms with E-state index in [9.17, 15) is 9.90 Å². The first-order valence-corrected chi connectivity index (χ1v) is 7.78. The number of anilines is 1. The number of carbonyl (C=O) groups excluding carboxylic acids is 1. The number of hydrogen-bond donors (Lipinski definition) is 3. The summed E-state index contributed by atoms with van der Waals surface area (Å²) in [4.78, 5) is 18.8. The molecule has 116 valence electrons. The number of aromatic amines is 1. The first kappa shape index (κ1) is 13.8. The van der Waals surface area contributed by atoms with E-state index in [1.165, 1.54) is 0 Å². The minimum Gasteiger partial charge on any atom is -0.508 e. The highest BCUT2D eigenvalue weighted by Gasteiger charge is 2.18. The first-order valence-electron chi connectivity index (χ1n) is 6.96. The zero-order chi connectivity index (χ0) is 16.1. The van der Waals surface area contributed by atoms with Gasteiger partial charge < -0.3 is 10.4 Å². The second-order valence-corrected chi connectivity index (χ2v) is 6.44. The predicted octanol–water partition coefficient (Wildman–Crippen LogP) is 2.85. The van der Waals surface area contributed by atoms with Crippen molar-refractivity contribution in [3.05, 3.63) is 40.7 Å². The molecule has 0 unspecified atom stereocenters. The highest BCUT2D eigenvalue weighted by Crippen LogP contribution is 2.26. The summed E-state index contributed by atoms with van der Waals surface area (Å²) >= 11 is 1.55. The van der Waals surface area contributed by atoms with Crippen LogP contribution in [0.25, 0.3) is 15.9 Å². The van der Waals surface area contributed by atoms with Crippen molar-refractivity contribution >= 4 is 38.9 Å². The molecule has 0 bridgehead atoms. The number of phenolic OH excluding ortho intramolecular Hbond substituents is 1. The summed E-state index contributed by atoms with van der Waals surface area (Å²) in [6.45, 7) is 3.97. The lowest BCUT2D eigenvalue weighted by Crippen LogP contribution is -2.15. The quantitative estimate of drug-likeness (QED) is 0.527. The Morgan fingerprint density at radius 1 is 1.39 bits per heavy atom. The number of hydrogen-bond acceptors (Lipinski definition) is 5. The van der Waals surface area contributed by atoms with Gasteiger partial charge in [0.2, 0.25) is 0 Å². The Kier molecular flexibility index (Phi) is 2.88. The van der Waals surface area contributed by atoms with Crippen molar-refractivity contribution in [3.63, 3.8) is 0 Å². The Hall–Kier alpha value is -2.87. The van der Waals surface area contributed by atoms with Crippen LogP contribution < -0.4 is 5.32 Å². The second kappa shape index (κ2) is 4.82. The minimum absolute atomic E-state index is 0.140. The molecule has 0 spiro atoms. The molecule has 4 rings (SSSR count). The van der Waals surface area contributed by atoms with Gasteiger partial charge in [0.15, 0.2) is 10.8 Å². The van der Waals surface area contributed by atoms with E-state index in [2.05, 4.69) is 20.5 Å². The summed E-state index contributed by atoms with van der Waals surface area (Å²) < 4.78 is 1.84. The Labute approximate surface area is 134 Å². The van der Waals surface area contributed by atoms with E-state index in [0.717, 1.165) is 20.9 Å². The number of carbonyl (C=O) groups is 1. The SMILES string of the molecule is Cc1sc2ncc(C(=O)Nc3n[nH]c4cc(O)ccc34)n2c1C. The number of nitrogens with zero attached hydrogens (tertiary/aromatic N) is 3. The molecule has 0 atom stereocenters. The van der Waals surface area contributed by atoms with Crippen LogP contribution in [0.3, 0.4) is 0 Å². The molecule has 0 aliphatic rings. The summed E-state index contributed by atoms with van der Waals surface area (Å²) in [5.41, 5.74) is 2.13. The van der Waals surface area contributed by atoms with Gasteiger partial charge in [-0.1, -0.05) is 0 Å². The molecule has 0 radical (unpaired) electrons. The highest BCUT2D eigenvalue weighted by atomic mass is 32.1. The van der Waals surface area contributed by atoms with Crippen LogP contribution in [0.15, 0.2) is 24.4 Å². The number of nitrogens with one attached hydrogen (secondary N) is 2. The molecule has 7 nitrogen and oxygen atoms in total. The van der Waals surface area contributed by atoms with E-state index < -0.39 is 0 Å². The number of thiazole rings is 1. The molecule has 1 amide bonds. The third-order valence-electron chi connectivity index (χ3n) is 3.83. The van der Waals surface area contributed by atoms with Crippen molar-refractivity contribution in [1.82, 2.24) is 19.6 Å². The zero-order valence-corrected chi connectivity index (χ0v) is 13.2. The van der Waals surface area contributed by atoms with E-state index in [-0.39, 0.29) is 11.7 Å². The van der Waals surface area contributed by atoms with E-state index in [1.807, 2.05) is 18.2 Å². The summed E-state index contributed by atoms with van der Waals surface area (Å²) in [7, 11) is 0. The van der Waals surface area contributed by atoms with Crippen LogP contribution in [0.5, 0.6) is 5.75 Å². The number of H-pyrrole nitrogens is 1. The third-order valence-corrected chi connectivity index (χ3v) is 4.90. The van der Waals surface area contributed by atoms with Gasteiger partial charge in [0.05, 0.1) is 11.7 Å². The number of phenols is 1. The maximum atomic E-state index is 12.6. The molecular weight excluding hydrogens is 314 g/mol. The summed E-state index contributed by atoms with van der Waals surface area (Å²) in [5, 5.41) is 19.9. The van der Waals surface area contributed by atoms with Crippen LogP contribution in [-0.2, 0) is 0 Å². The van der Waals surface area contributed by atoms with Crippen LogP contribution in [-0.4, -0.2) is 30.6 Å². The van der Waals surface area contributed by atoms with E-state index in [0.29, 0.717) is 17.0 Å². The lowest BCUT2D eigenvalue weighted by molar-refractivity contribution is 0.102. The van der Waals surface area contributed by atoms with Crippen molar-refractivity contribution in [2.24, 2.45) is 0 Å². The smallest absolute Gasteiger partial charge is 0.275 e. The van der Waals surface area contributed by atoms with Gasteiger partial charge in [-0.3, -0.25) is 14.3 Å². The van der Waals surface area contributed by atoms with E-state index in [4.69, 9.17) is 0 Å². The fourth-order valence-electron chi connectivity index (χ4n) is 2.53. The highest BCUT2D eigenvalue weighted by molar-refractivity contribution is 7.17. The molecule has 0 aliphatic carbocycles. The van der Waals surface area contributed by atoms with Crippen molar-refractivity contribution < 1.29 is 9.90 Å². The summed E-state index contributed by atoms with van der Waals surface area (Å²) in [5.74, 6) is 0.283. The van der Waals surface area contributed by atoms with Crippen LogP contribution in [0.2, 0.25) is 0 Å². The number of aromatic hydroxyl groups is 1. The lowest BCUT2D eigenvalue weighted by atomic mass is 10.2. The molecule has 0 aliphatic heterocycles. The van der Waals surface area contributed by atoms with Crippen molar-refractivity contribution in [1.29, 1.82) is 0 Å². The molecular formula is C15H13N5O2S. The molecule has 3 heterocycles. The van der Waals surface area contributed by atoms with Gasteiger partial charge in [-0.05, 0) is 26.0 Å². The van der Waals surface area contributed by atoms with Gasteiger partial charge in [0, 0.05) is 22.0 Å². The largest absolute Gasteiger partial charge is 0.508 e. The number of amides is 1. The Balaban J connectivity index is 1.73. The molecule has 3 N–H and O–H groups in total. The van der Waals surface area contributed by atoms with Crippen molar-refractivity contribution in [2.45, 2.75) is 13.8 Å². The monoisotopic (exact) mass is 327 g/mol. The summed E-state index contributed by atoms with van der Waals surface area (Å²) in [6, 6.07) is 4.81. The molecule has 0 fully saturated rings. The predicted molar refractivity (Wildman–Crippen MR) is 88.3 cm³/mol. The van der Waals surface area contributed by atoms with Crippen LogP contribution in [0.4, 0.5) is 5.82 Å².